The van der Waals surface area contributed by atoms with Gasteiger partial charge >= 0.3 is 5.97 Å². The molecule has 0 aliphatic rings. The van der Waals surface area contributed by atoms with Crippen LogP contribution in [0.3, 0.4) is 0 Å². The van der Waals surface area contributed by atoms with Crippen molar-refractivity contribution < 1.29 is 14.6 Å². The predicted molar refractivity (Wildman–Crippen MR) is 111 cm³/mol. The van der Waals surface area contributed by atoms with Crippen LogP contribution in [-0.2, 0) is 0 Å². The fourth-order valence-corrected chi connectivity index (χ4v) is 2.95. The van der Waals surface area contributed by atoms with Crippen molar-refractivity contribution in [3.63, 3.8) is 0 Å². The zero-order valence-electron chi connectivity index (χ0n) is 16.2. The Labute approximate surface area is 162 Å². The lowest BCUT2D eigenvalue weighted by Crippen LogP contribution is -1.94. The summed E-state index contributed by atoms with van der Waals surface area (Å²) in [6, 6.07) is 14.7. The second-order valence-electron chi connectivity index (χ2n) is 6.81. The van der Waals surface area contributed by atoms with Crippen LogP contribution in [0.2, 0.25) is 0 Å². The number of aromatic carboxylic acids is 1. The first kappa shape index (κ1) is 20.8. The smallest absolute Gasteiger partial charge is 0.335 e. The molecule has 0 saturated carbocycles. The Balaban J connectivity index is 1.70. The van der Waals surface area contributed by atoms with Crippen molar-refractivity contribution in [3.05, 3.63) is 66.4 Å². The molecule has 0 aromatic heterocycles. The standard InChI is InChI=1S/C24H30O3/c1-2-3-4-5-6-7-8-9-10-19-27-23-17-15-21(16-18-23)20-11-13-22(14-12-20)24(25)26/h10-19H,2-9H2,1H3,(H,25,26). The molecule has 0 radical (unpaired) electrons. The minimum absolute atomic E-state index is 0.296. The van der Waals surface area contributed by atoms with Gasteiger partial charge in [0.15, 0.2) is 0 Å². The van der Waals surface area contributed by atoms with Gasteiger partial charge in [-0.2, -0.15) is 0 Å². The molecule has 144 valence electrons. The van der Waals surface area contributed by atoms with Crippen LogP contribution in [0.1, 0.15) is 68.6 Å². The SMILES string of the molecule is CCCCCCCCCC=COc1ccc(-c2ccc(C(=O)O)cc2)cc1. The molecule has 0 fully saturated rings. The van der Waals surface area contributed by atoms with E-state index in [2.05, 4.69) is 13.0 Å². The largest absolute Gasteiger partial charge is 0.478 e. The van der Waals surface area contributed by atoms with E-state index in [0.717, 1.165) is 23.3 Å². The number of hydrogen-bond donors (Lipinski definition) is 1. The van der Waals surface area contributed by atoms with E-state index in [4.69, 9.17) is 9.84 Å². The van der Waals surface area contributed by atoms with Gasteiger partial charge < -0.3 is 9.84 Å². The van der Waals surface area contributed by atoms with E-state index in [1.54, 1.807) is 18.4 Å². The summed E-state index contributed by atoms with van der Waals surface area (Å²) < 4.78 is 5.65. The molecule has 2 aromatic carbocycles. The number of hydrogen-bond acceptors (Lipinski definition) is 2. The quantitative estimate of drug-likeness (QED) is 0.322. The molecule has 0 amide bonds. The van der Waals surface area contributed by atoms with E-state index in [9.17, 15) is 4.79 Å². The average Bonchev–Trinajstić information content (AvgIpc) is 2.70. The van der Waals surface area contributed by atoms with Gasteiger partial charge in [0.25, 0.3) is 0 Å². The first-order chi connectivity index (χ1) is 13.2. The first-order valence-corrected chi connectivity index (χ1v) is 9.96. The lowest BCUT2D eigenvalue weighted by molar-refractivity contribution is 0.0697. The molecule has 0 saturated heterocycles. The Morgan fingerprint density at radius 2 is 1.41 bits per heavy atom. The Hall–Kier alpha value is -2.55. The molecule has 2 aromatic rings. The summed E-state index contributed by atoms with van der Waals surface area (Å²) in [5.41, 5.74) is 2.32. The number of rotatable bonds is 12. The summed E-state index contributed by atoms with van der Waals surface area (Å²) in [4.78, 5) is 10.9. The Morgan fingerprint density at radius 3 is 2.00 bits per heavy atom. The third-order valence-corrected chi connectivity index (χ3v) is 4.59. The van der Waals surface area contributed by atoms with Crippen molar-refractivity contribution in [1.29, 1.82) is 0 Å². The Kier molecular flexibility index (Phi) is 9.19. The number of allylic oxidation sites excluding steroid dienone is 1. The molecular formula is C24H30O3. The highest BCUT2D eigenvalue weighted by Gasteiger charge is 2.03. The number of carboxylic acid groups (broad SMARTS) is 1. The minimum Gasteiger partial charge on any atom is -0.478 e. The number of ether oxygens (including phenoxy) is 1. The van der Waals surface area contributed by atoms with Crippen LogP contribution in [0.5, 0.6) is 5.75 Å². The number of carboxylic acids is 1. The average molecular weight is 367 g/mol. The van der Waals surface area contributed by atoms with Crippen molar-refractivity contribution in [2.75, 3.05) is 0 Å². The number of benzene rings is 2. The van der Waals surface area contributed by atoms with Crippen LogP contribution in [0, 0.1) is 0 Å². The Morgan fingerprint density at radius 1 is 0.852 bits per heavy atom. The third-order valence-electron chi connectivity index (χ3n) is 4.59. The normalized spacial score (nSPS) is 11.0. The predicted octanol–water partition coefficient (Wildman–Crippen LogP) is 7.09. The fraction of sp³-hybridized carbons (Fsp3) is 0.375. The molecule has 0 spiro atoms. The van der Waals surface area contributed by atoms with Gasteiger partial charge in [0.1, 0.15) is 5.75 Å². The van der Waals surface area contributed by atoms with E-state index < -0.39 is 5.97 Å². The molecule has 2 rings (SSSR count). The maximum atomic E-state index is 10.9. The molecule has 0 unspecified atom stereocenters. The summed E-state index contributed by atoms with van der Waals surface area (Å²) in [7, 11) is 0. The summed E-state index contributed by atoms with van der Waals surface area (Å²) in [6.07, 6.45) is 14.2. The van der Waals surface area contributed by atoms with Gasteiger partial charge in [-0.3, -0.25) is 0 Å². The first-order valence-electron chi connectivity index (χ1n) is 9.96. The van der Waals surface area contributed by atoms with Gasteiger partial charge in [0, 0.05) is 0 Å². The van der Waals surface area contributed by atoms with E-state index in [0.29, 0.717) is 5.56 Å². The lowest BCUT2D eigenvalue weighted by atomic mass is 10.0. The number of unbranched alkanes of at least 4 members (excludes halogenated alkanes) is 7. The minimum atomic E-state index is -0.909. The summed E-state index contributed by atoms with van der Waals surface area (Å²) in [6.45, 7) is 2.25. The molecule has 0 aliphatic carbocycles. The van der Waals surface area contributed by atoms with Crippen LogP contribution in [0.25, 0.3) is 11.1 Å². The van der Waals surface area contributed by atoms with Crippen molar-refractivity contribution >= 4 is 5.97 Å². The van der Waals surface area contributed by atoms with E-state index in [-0.39, 0.29) is 0 Å². The summed E-state index contributed by atoms with van der Waals surface area (Å²) >= 11 is 0. The van der Waals surface area contributed by atoms with Crippen LogP contribution in [-0.4, -0.2) is 11.1 Å². The maximum absolute atomic E-state index is 10.9. The van der Waals surface area contributed by atoms with Gasteiger partial charge in [-0.05, 0) is 54.3 Å². The molecular weight excluding hydrogens is 336 g/mol. The van der Waals surface area contributed by atoms with E-state index in [1.165, 1.54) is 44.9 Å². The van der Waals surface area contributed by atoms with Crippen LogP contribution >= 0.6 is 0 Å². The van der Waals surface area contributed by atoms with Gasteiger partial charge in [-0.25, -0.2) is 4.79 Å². The molecule has 0 aliphatic heterocycles. The van der Waals surface area contributed by atoms with E-state index >= 15 is 0 Å². The van der Waals surface area contributed by atoms with Crippen LogP contribution in [0.4, 0.5) is 0 Å². The molecule has 3 heteroatoms. The molecule has 0 heterocycles. The van der Waals surface area contributed by atoms with Crippen LogP contribution < -0.4 is 4.74 Å². The van der Waals surface area contributed by atoms with E-state index in [1.807, 2.05) is 36.4 Å². The molecule has 3 nitrogen and oxygen atoms in total. The zero-order chi connectivity index (χ0) is 19.3. The molecule has 0 atom stereocenters. The second kappa shape index (κ2) is 11.9. The fourth-order valence-electron chi connectivity index (χ4n) is 2.95. The van der Waals surface area contributed by atoms with Crippen molar-refractivity contribution in [1.82, 2.24) is 0 Å². The summed E-state index contributed by atoms with van der Waals surface area (Å²) in [5.74, 6) is -0.106. The van der Waals surface area contributed by atoms with Gasteiger partial charge in [0.2, 0.25) is 0 Å². The monoisotopic (exact) mass is 366 g/mol. The second-order valence-corrected chi connectivity index (χ2v) is 6.81. The van der Waals surface area contributed by atoms with Crippen molar-refractivity contribution in [2.24, 2.45) is 0 Å². The molecule has 0 bridgehead atoms. The highest BCUT2D eigenvalue weighted by atomic mass is 16.5. The maximum Gasteiger partial charge on any atom is 0.335 e. The lowest BCUT2D eigenvalue weighted by Gasteiger charge is -2.05. The highest BCUT2D eigenvalue weighted by Crippen LogP contribution is 2.23. The van der Waals surface area contributed by atoms with Crippen LogP contribution in [0.15, 0.2) is 60.9 Å². The number of carbonyl (C=O) groups is 1. The molecule has 27 heavy (non-hydrogen) atoms. The van der Waals surface area contributed by atoms with Gasteiger partial charge in [-0.1, -0.05) is 69.7 Å². The zero-order valence-corrected chi connectivity index (χ0v) is 16.2. The van der Waals surface area contributed by atoms with Crippen molar-refractivity contribution in [3.8, 4) is 16.9 Å². The highest BCUT2D eigenvalue weighted by molar-refractivity contribution is 5.88. The third kappa shape index (κ3) is 7.69. The van der Waals surface area contributed by atoms with Gasteiger partial charge in [-0.15, -0.1) is 0 Å². The topological polar surface area (TPSA) is 46.5 Å². The van der Waals surface area contributed by atoms with Crippen molar-refractivity contribution in [2.45, 2.75) is 58.3 Å². The summed E-state index contributed by atoms with van der Waals surface area (Å²) in [5, 5.41) is 8.95. The van der Waals surface area contributed by atoms with Gasteiger partial charge in [0.05, 0.1) is 11.8 Å². The molecule has 1 N–H and O–H groups in total. The Bertz CT molecular complexity index is 699.